The highest BCUT2D eigenvalue weighted by Crippen LogP contribution is 2.22. The Morgan fingerprint density at radius 3 is 2.75 bits per heavy atom. The van der Waals surface area contributed by atoms with Crippen molar-refractivity contribution < 1.29 is 14.3 Å². The molecule has 2 rings (SSSR count). The highest BCUT2D eigenvalue weighted by Gasteiger charge is 2.21. The van der Waals surface area contributed by atoms with Crippen molar-refractivity contribution in [3.05, 3.63) is 45.4 Å². The van der Waals surface area contributed by atoms with Gasteiger partial charge in [0.15, 0.2) is 5.69 Å². The lowest BCUT2D eigenvalue weighted by molar-refractivity contribution is 0.0688. The fraction of sp³-hybridized carbons (Fsp3) is 0.308. The van der Waals surface area contributed by atoms with Gasteiger partial charge < -0.3 is 5.11 Å². The average molecular weight is 342 g/mol. The zero-order valence-corrected chi connectivity index (χ0v) is 12.6. The summed E-state index contributed by atoms with van der Waals surface area (Å²) in [5.41, 5.74) is 1.31. The molecule has 0 aliphatic carbocycles. The molecule has 1 N–H and O–H groups in total. The second kappa shape index (κ2) is 5.70. The minimum atomic E-state index is -1.10. The van der Waals surface area contributed by atoms with Crippen LogP contribution in [0.2, 0.25) is 0 Å². The molecule has 0 aliphatic heterocycles. The molecule has 0 unspecified atom stereocenters. The van der Waals surface area contributed by atoms with E-state index in [4.69, 9.17) is 5.11 Å². The lowest BCUT2D eigenvalue weighted by atomic mass is 10.1. The van der Waals surface area contributed by atoms with Crippen LogP contribution in [-0.4, -0.2) is 26.1 Å². The molecule has 2 aromatic rings. The largest absolute Gasteiger partial charge is 0.476 e. The Hall–Kier alpha value is -1.76. The van der Waals surface area contributed by atoms with Crippen molar-refractivity contribution in [3.63, 3.8) is 0 Å². The molecule has 1 heterocycles. The van der Waals surface area contributed by atoms with Crippen molar-refractivity contribution >= 4 is 21.9 Å². The zero-order valence-electron chi connectivity index (χ0n) is 11.0. The lowest BCUT2D eigenvalue weighted by Gasteiger charge is -2.11. The number of carbonyl (C=O) groups is 1. The summed E-state index contributed by atoms with van der Waals surface area (Å²) in [6.07, 6.45) is 0. The number of hydrogen-bond donors (Lipinski definition) is 1. The van der Waals surface area contributed by atoms with Crippen LogP contribution in [0.5, 0.6) is 0 Å². The monoisotopic (exact) mass is 341 g/mol. The van der Waals surface area contributed by atoms with Crippen LogP contribution >= 0.6 is 15.9 Å². The Morgan fingerprint density at radius 1 is 1.50 bits per heavy atom. The Kier molecular flexibility index (Phi) is 4.17. The van der Waals surface area contributed by atoms with E-state index < -0.39 is 5.97 Å². The van der Waals surface area contributed by atoms with E-state index in [0.29, 0.717) is 16.7 Å². The third kappa shape index (κ3) is 2.87. The average Bonchev–Trinajstić information content (AvgIpc) is 2.76. The Balaban J connectivity index is 2.41. The summed E-state index contributed by atoms with van der Waals surface area (Å²) in [7, 11) is 0. The molecular weight excluding hydrogens is 329 g/mol. The zero-order chi connectivity index (χ0) is 14.9. The molecule has 0 spiro atoms. The number of aromatic nitrogens is 3. The van der Waals surface area contributed by atoms with E-state index in [1.807, 2.05) is 13.8 Å². The summed E-state index contributed by atoms with van der Waals surface area (Å²) in [6.45, 7) is 4.08. The van der Waals surface area contributed by atoms with E-state index in [9.17, 15) is 9.18 Å². The van der Waals surface area contributed by atoms with Gasteiger partial charge in [-0.25, -0.2) is 13.9 Å². The van der Waals surface area contributed by atoms with Crippen LogP contribution in [0.3, 0.4) is 0 Å². The van der Waals surface area contributed by atoms with E-state index in [1.165, 1.54) is 16.8 Å². The number of nitrogens with zero attached hydrogens (tertiary/aromatic N) is 3. The van der Waals surface area contributed by atoms with Crippen LogP contribution in [-0.2, 0) is 6.54 Å². The van der Waals surface area contributed by atoms with Gasteiger partial charge in [-0.1, -0.05) is 41.1 Å². The van der Waals surface area contributed by atoms with Gasteiger partial charge >= 0.3 is 5.97 Å². The Labute approximate surface area is 123 Å². The van der Waals surface area contributed by atoms with Gasteiger partial charge in [-0.05, 0) is 23.6 Å². The second-order valence-corrected chi connectivity index (χ2v) is 5.53. The van der Waals surface area contributed by atoms with Crippen molar-refractivity contribution in [2.45, 2.75) is 26.3 Å². The normalized spacial score (nSPS) is 11.1. The minimum absolute atomic E-state index is 0.0321. The first-order valence-corrected chi connectivity index (χ1v) is 6.80. The van der Waals surface area contributed by atoms with E-state index in [-0.39, 0.29) is 17.4 Å². The van der Waals surface area contributed by atoms with E-state index in [1.54, 1.807) is 6.07 Å². The van der Waals surface area contributed by atoms with Crippen LogP contribution in [0, 0.1) is 5.82 Å². The van der Waals surface area contributed by atoms with Crippen LogP contribution in [0.15, 0.2) is 22.7 Å². The smallest absolute Gasteiger partial charge is 0.358 e. The van der Waals surface area contributed by atoms with Crippen molar-refractivity contribution in [3.8, 4) is 0 Å². The quantitative estimate of drug-likeness (QED) is 0.927. The topological polar surface area (TPSA) is 68.0 Å². The molecule has 0 saturated carbocycles. The van der Waals surface area contributed by atoms with Gasteiger partial charge in [-0.3, -0.25) is 0 Å². The Morgan fingerprint density at radius 2 is 2.20 bits per heavy atom. The number of benzene rings is 1. The van der Waals surface area contributed by atoms with Crippen molar-refractivity contribution in [1.82, 2.24) is 15.0 Å². The first kappa shape index (κ1) is 14.6. The molecule has 5 nitrogen and oxygen atoms in total. The van der Waals surface area contributed by atoms with Crippen molar-refractivity contribution in [1.29, 1.82) is 0 Å². The molecule has 0 fully saturated rings. The highest BCUT2D eigenvalue weighted by atomic mass is 79.9. The van der Waals surface area contributed by atoms with Gasteiger partial charge in [0, 0.05) is 4.47 Å². The summed E-state index contributed by atoms with van der Waals surface area (Å²) in [5, 5.41) is 16.7. The van der Waals surface area contributed by atoms with Gasteiger partial charge in [-0.2, -0.15) is 0 Å². The maximum atomic E-state index is 13.1. The molecular formula is C13H13BrFN3O2. The molecule has 106 valence electrons. The number of carboxylic acid groups (broad SMARTS) is 1. The van der Waals surface area contributed by atoms with Crippen molar-refractivity contribution in [2.75, 3.05) is 0 Å². The van der Waals surface area contributed by atoms with E-state index in [2.05, 4.69) is 26.2 Å². The standard InChI is InChI=1S/C13H13BrFN3O2/c1-7(2)12-11(13(19)20)16-17-18(12)6-8-3-4-9(15)5-10(8)14/h3-5,7H,6H2,1-2H3,(H,19,20). The molecule has 1 aromatic heterocycles. The number of hydrogen-bond acceptors (Lipinski definition) is 3. The molecule has 0 aliphatic rings. The SMILES string of the molecule is CC(C)c1c(C(=O)O)nnn1Cc1ccc(F)cc1Br. The van der Waals surface area contributed by atoms with Crippen LogP contribution in [0.4, 0.5) is 4.39 Å². The van der Waals surface area contributed by atoms with E-state index >= 15 is 0 Å². The molecule has 1 aromatic carbocycles. The van der Waals surface area contributed by atoms with Gasteiger partial charge in [0.25, 0.3) is 0 Å². The predicted molar refractivity (Wildman–Crippen MR) is 74.3 cm³/mol. The summed E-state index contributed by atoms with van der Waals surface area (Å²) in [6, 6.07) is 4.34. The summed E-state index contributed by atoms with van der Waals surface area (Å²) < 4.78 is 15.2. The molecule has 7 heteroatoms. The van der Waals surface area contributed by atoms with Crippen molar-refractivity contribution in [2.24, 2.45) is 0 Å². The third-order valence-electron chi connectivity index (χ3n) is 2.86. The molecule has 0 amide bonds. The predicted octanol–water partition coefficient (Wildman–Crippen LogP) is 3.05. The Bertz CT molecular complexity index is 655. The number of aromatic carboxylic acids is 1. The van der Waals surface area contributed by atoms with Gasteiger partial charge in [0.05, 0.1) is 12.2 Å². The van der Waals surface area contributed by atoms with Crippen LogP contribution in [0.1, 0.15) is 41.5 Å². The van der Waals surface area contributed by atoms with E-state index in [0.717, 1.165) is 5.56 Å². The number of carboxylic acids is 1. The van der Waals surface area contributed by atoms with Gasteiger partial charge in [0.2, 0.25) is 0 Å². The summed E-state index contributed by atoms with van der Waals surface area (Å²) >= 11 is 3.28. The van der Waals surface area contributed by atoms with Crippen LogP contribution < -0.4 is 0 Å². The lowest BCUT2D eigenvalue weighted by Crippen LogP contribution is -2.11. The minimum Gasteiger partial charge on any atom is -0.476 e. The fourth-order valence-electron chi connectivity index (χ4n) is 1.97. The summed E-state index contributed by atoms with van der Waals surface area (Å²) in [5.74, 6) is -1.47. The van der Waals surface area contributed by atoms with Gasteiger partial charge in [0.1, 0.15) is 5.82 Å². The molecule has 0 atom stereocenters. The maximum absolute atomic E-state index is 13.1. The molecule has 0 radical (unpaired) electrons. The summed E-state index contributed by atoms with van der Waals surface area (Å²) in [4.78, 5) is 11.1. The van der Waals surface area contributed by atoms with Gasteiger partial charge in [-0.15, -0.1) is 5.10 Å². The van der Waals surface area contributed by atoms with Crippen LogP contribution in [0.25, 0.3) is 0 Å². The first-order chi connectivity index (χ1) is 9.40. The maximum Gasteiger partial charge on any atom is 0.358 e. The molecule has 0 bridgehead atoms. The highest BCUT2D eigenvalue weighted by molar-refractivity contribution is 9.10. The number of rotatable bonds is 4. The molecule has 0 saturated heterocycles. The second-order valence-electron chi connectivity index (χ2n) is 4.68. The third-order valence-corrected chi connectivity index (χ3v) is 3.60. The first-order valence-electron chi connectivity index (χ1n) is 6.00. The molecule has 20 heavy (non-hydrogen) atoms. The fourth-order valence-corrected chi connectivity index (χ4v) is 2.45. The number of halogens is 2.